The zero-order valence-electron chi connectivity index (χ0n) is 11.4. The van der Waals surface area contributed by atoms with E-state index in [1.54, 1.807) is 7.11 Å². The first-order valence-electron chi connectivity index (χ1n) is 6.94. The molecule has 0 radical (unpaired) electrons. The van der Waals surface area contributed by atoms with E-state index in [1.807, 2.05) is 6.07 Å². The van der Waals surface area contributed by atoms with Gasteiger partial charge >= 0.3 is 0 Å². The average Bonchev–Trinajstić information content (AvgIpc) is 2.87. The largest absolute Gasteiger partial charge is 0.486 e. The molecule has 1 saturated carbocycles. The number of benzene rings is 1. The Morgan fingerprint density at radius 2 is 1.95 bits per heavy atom. The third kappa shape index (κ3) is 2.19. The van der Waals surface area contributed by atoms with Crippen molar-refractivity contribution in [1.82, 2.24) is 0 Å². The van der Waals surface area contributed by atoms with Gasteiger partial charge in [-0.25, -0.2) is 0 Å². The van der Waals surface area contributed by atoms with Crippen molar-refractivity contribution >= 4 is 0 Å². The van der Waals surface area contributed by atoms with Crippen LogP contribution in [0.4, 0.5) is 0 Å². The number of fused-ring (bicyclic) bond motifs is 1. The van der Waals surface area contributed by atoms with Crippen molar-refractivity contribution < 1.29 is 14.2 Å². The highest BCUT2D eigenvalue weighted by Gasteiger charge is 2.35. The summed E-state index contributed by atoms with van der Waals surface area (Å²) in [6.45, 7) is 1.71. The Kier molecular flexibility index (Phi) is 3.37. The van der Waals surface area contributed by atoms with Gasteiger partial charge in [0.15, 0.2) is 11.5 Å². The maximum absolute atomic E-state index is 6.59. The third-order valence-corrected chi connectivity index (χ3v) is 4.13. The Hall–Kier alpha value is -1.26. The lowest BCUT2D eigenvalue weighted by Gasteiger charge is -2.30. The summed E-state index contributed by atoms with van der Waals surface area (Å²) in [5.41, 5.74) is 8.58. The van der Waals surface area contributed by atoms with Crippen LogP contribution < -0.4 is 15.2 Å². The summed E-state index contributed by atoms with van der Waals surface area (Å²) in [6.07, 6.45) is 4.45. The first kappa shape index (κ1) is 12.8. The van der Waals surface area contributed by atoms with E-state index in [4.69, 9.17) is 19.9 Å². The molecule has 0 bridgehead atoms. The van der Waals surface area contributed by atoms with Gasteiger partial charge in [0, 0.05) is 18.2 Å². The van der Waals surface area contributed by atoms with E-state index in [0.717, 1.165) is 35.5 Å². The van der Waals surface area contributed by atoms with Gasteiger partial charge in [0.05, 0.1) is 6.61 Å². The van der Waals surface area contributed by atoms with Crippen LogP contribution in [-0.4, -0.2) is 20.3 Å². The molecule has 0 unspecified atom stereocenters. The number of ether oxygens (including phenoxy) is 3. The first-order chi connectivity index (χ1) is 9.24. The van der Waals surface area contributed by atoms with Crippen LogP contribution in [0, 0.1) is 0 Å². The van der Waals surface area contributed by atoms with E-state index < -0.39 is 0 Å². The standard InChI is InChI=1S/C15H21NO3/c1-17-10-11-12(15(16)6-2-3-7-15)4-5-13-14(11)19-9-8-18-13/h4-5H,2-3,6-10,16H2,1H3. The van der Waals surface area contributed by atoms with Crippen LogP contribution in [0.25, 0.3) is 0 Å². The average molecular weight is 263 g/mol. The molecule has 0 aromatic heterocycles. The maximum atomic E-state index is 6.59. The lowest BCUT2D eigenvalue weighted by Crippen LogP contribution is -2.35. The fraction of sp³-hybridized carbons (Fsp3) is 0.600. The number of nitrogens with two attached hydrogens (primary N) is 1. The molecule has 1 fully saturated rings. The number of hydrogen-bond donors (Lipinski definition) is 1. The summed E-state index contributed by atoms with van der Waals surface area (Å²) in [6, 6.07) is 4.07. The Morgan fingerprint density at radius 3 is 2.68 bits per heavy atom. The minimum atomic E-state index is -0.232. The Morgan fingerprint density at radius 1 is 1.21 bits per heavy atom. The van der Waals surface area contributed by atoms with Gasteiger partial charge in [-0.05, 0) is 24.5 Å². The van der Waals surface area contributed by atoms with E-state index in [0.29, 0.717) is 19.8 Å². The fourth-order valence-electron chi connectivity index (χ4n) is 3.20. The van der Waals surface area contributed by atoms with Crippen LogP contribution in [0.5, 0.6) is 11.5 Å². The second-order valence-electron chi connectivity index (χ2n) is 5.41. The van der Waals surface area contributed by atoms with Gasteiger partial charge in [-0.1, -0.05) is 18.9 Å². The highest BCUT2D eigenvalue weighted by molar-refractivity contribution is 5.53. The fourth-order valence-corrected chi connectivity index (χ4v) is 3.20. The van der Waals surface area contributed by atoms with Crippen molar-refractivity contribution in [3.05, 3.63) is 23.3 Å². The van der Waals surface area contributed by atoms with Crippen LogP contribution in [0.2, 0.25) is 0 Å². The van der Waals surface area contributed by atoms with Crippen molar-refractivity contribution in [3.8, 4) is 11.5 Å². The van der Waals surface area contributed by atoms with Gasteiger partial charge in [-0.15, -0.1) is 0 Å². The summed E-state index contributed by atoms with van der Waals surface area (Å²) < 4.78 is 16.8. The van der Waals surface area contributed by atoms with Crippen LogP contribution in [0.15, 0.2) is 12.1 Å². The quantitative estimate of drug-likeness (QED) is 0.909. The van der Waals surface area contributed by atoms with E-state index in [-0.39, 0.29) is 5.54 Å². The van der Waals surface area contributed by atoms with Crippen LogP contribution >= 0.6 is 0 Å². The molecule has 1 aromatic carbocycles. The Balaban J connectivity index is 2.08. The van der Waals surface area contributed by atoms with Crippen molar-refractivity contribution in [2.75, 3.05) is 20.3 Å². The van der Waals surface area contributed by atoms with Crippen LogP contribution in [-0.2, 0) is 16.9 Å². The molecule has 0 atom stereocenters. The monoisotopic (exact) mass is 263 g/mol. The SMILES string of the molecule is COCc1c(C2(N)CCCC2)ccc2c1OCCO2. The molecular weight excluding hydrogens is 242 g/mol. The smallest absolute Gasteiger partial charge is 0.167 e. The molecule has 1 aliphatic carbocycles. The second-order valence-corrected chi connectivity index (χ2v) is 5.41. The van der Waals surface area contributed by atoms with Gasteiger partial charge in [0.25, 0.3) is 0 Å². The summed E-state index contributed by atoms with van der Waals surface area (Å²) in [4.78, 5) is 0. The molecule has 1 aromatic rings. The Bertz CT molecular complexity index is 467. The molecule has 1 heterocycles. The molecule has 0 amide bonds. The molecule has 4 nitrogen and oxygen atoms in total. The molecular formula is C15H21NO3. The molecule has 2 aliphatic rings. The zero-order valence-corrected chi connectivity index (χ0v) is 11.4. The second kappa shape index (κ2) is 5.02. The predicted octanol–water partition coefficient (Wildman–Crippen LogP) is 2.33. The normalized spacial score (nSPS) is 20.5. The van der Waals surface area contributed by atoms with E-state index in [1.165, 1.54) is 12.8 Å². The Labute approximate surface area is 113 Å². The van der Waals surface area contributed by atoms with Gasteiger partial charge in [0.2, 0.25) is 0 Å². The summed E-state index contributed by atoms with van der Waals surface area (Å²) >= 11 is 0. The highest BCUT2D eigenvalue weighted by atomic mass is 16.6. The van der Waals surface area contributed by atoms with Crippen molar-refractivity contribution in [3.63, 3.8) is 0 Å². The van der Waals surface area contributed by atoms with E-state index >= 15 is 0 Å². The number of methoxy groups -OCH3 is 1. The van der Waals surface area contributed by atoms with E-state index in [9.17, 15) is 0 Å². The lowest BCUT2D eigenvalue weighted by atomic mass is 9.85. The van der Waals surface area contributed by atoms with Crippen LogP contribution in [0.3, 0.4) is 0 Å². The van der Waals surface area contributed by atoms with Gasteiger partial charge < -0.3 is 19.9 Å². The van der Waals surface area contributed by atoms with Gasteiger partial charge in [-0.2, -0.15) is 0 Å². The van der Waals surface area contributed by atoms with Crippen molar-refractivity contribution in [2.45, 2.75) is 37.8 Å². The lowest BCUT2D eigenvalue weighted by molar-refractivity contribution is 0.151. The third-order valence-electron chi connectivity index (χ3n) is 4.13. The van der Waals surface area contributed by atoms with Gasteiger partial charge in [0.1, 0.15) is 13.2 Å². The zero-order chi connectivity index (χ0) is 13.3. The molecule has 2 N–H and O–H groups in total. The van der Waals surface area contributed by atoms with Gasteiger partial charge in [-0.3, -0.25) is 0 Å². The molecule has 4 heteroatoms. The summed E-state index contributed by atoms with van der Waals surface area (Å²) in [5.74, 6) is 1.63. The molecule has 0 spiro atoms. The maximum Gasteiger partial charge on any atom is 0.167 e. The van der Waals surface area contributed by atoms with E-state index in [2.05, 4.69) is 6.07 Å². The predicted molar refractivity (Wildman–Crippen MR) is 72.5 cm³/mol. The number of hydrogen-bond acceptors (Lipinski definition) is 4. The van der Waals surface area contributed by atoms with Crippen molar-refractivity contribution in [2.24, 2.45) is 5.73 Å². The highest BCUT2D eigenvalue weighted by Crippen LogP contribution is 2.44. The molecule has 19 heavy (non-hydrogen) atoms. The molecule has 1 aliphatic heterocycles. The summed E-state index contributed by atoms with van der Waals surface area (Å²) in [5, 5.41) is 0. The minimum Gasteiger partial charge on any atom is -0.486 e. The summed E-state index contributed by atoms with van der Waals surface area (Å²) in [7, 11) is 1.70. The topological polar surface area (TPSA) is 53.7 Å². The van der Waals surface area contributed by atoms with Crippen LogP contribution in [0.1, 0.15) is 36.8 Å². The van der Waals surface area contributed by atoms with Crippen molar-refractivity contribution in [1.29, 1.82) is 0 Å². The number of rotatable bonds is 3. The first-order valence-corrected chi connectivity index (χ1v) is 6.94. The minimum absolute atomic E-state index is 0.232. The molecule has 3 rings (SSSR count). The molecule has 104 valence electrons. The molecule has 0 saturated heterocycles.